The van der Waals surface area contributed by atoms with Gasteiger partial charge < -0.3 is 8.83 Å². The first-order valence-electron chi connectivity index (χ1n) is 8.14. The number of thioether (sulfide) groups is 1. The number of rotatable bonds is 5. The van der Waals surface area contributed by atoms with Crippen molar-refractivity contribution in [1.29, 1.82) is 0 Å². The molecular weight excluding hydrogens is 400 g/mol. The van der Waals surface area contributed by atoms with Crippen LogP contribution in [0.4, 0.5) is 5.69 Å². The second-order valence-electron chi connectivity index (χ2n) is 5.82. The summed E-state index contributed by atoms with van der Waals surface area (Å²) in [6, 6.07) is 13.1. The molecule has 1 saturated heterocycles. The molecule has 0 unspecified atom stereocenters. The molecule has 4 rings (SSSR count). The Morgan fingerprint density at radius 1 is 1.18 bits per heavy atom. The number of carbonyl (C=O) groups is 1. The van der Waals surface area contributed by atoms with Gasteiger partial charge in [0.25, 0.3) is 11.6 Å². The Bertz CT molecular complexity index is 1100. The van der Waals surface area contributed by atoms with Gasteiger partial charge in [0.05, 0.1) is 28.2 Å². The van der Waals surface area contributed by atoms with Gasteiger partial charge in [0.2, 0.25) is 0 Å². The van der Waals surface area contributed by atoms with Gasteiger partial charge in [-0.2, -0.15) is 0 Å². The quantitative estimate of drug-likeness (QED) is 0.256. The standard InChI is InChI=1S/C19H12N2O5S2/c22-18-17(28-19(27)20(18)11-13-4-3-9-25-13)10-12-7-8-16(26-12)14-5-1-2-6-15(14)21(23)24/h1-10H,11H2. The van der Waals surface area contributed by atoms with E-state index in [1.165, 1.54) is 29.0 Å². The fourth-order valence-corrected chi connectivity index (χ4v) is 3.98. The first kappa shape index (κ1) is 18.2. The Labute approximate surface area is 168 Å². The Kier molecular flexibility index (Phi) is 4.84. The first-order chi connectivity index (χ1) is 13.5. The molecule has 0 atom stereocenters. The molecule has 2 aromatic heterocycles. The van der Waals surface area contributed by atoms with Crippen LogP contribution in [0.2, 0.25) is 0 Å². The average molecular weight is 412 g/mol. The number of para-hydroxylation sites is 1. The minimum absolute atomic E-state index is 0.0480. The number of nitro groups is 1. The molecule has 3 aromatic rings. The van der Waals surface area contributed by atoms with E-state index in [1.54, 1.807) is 48.5 Å². The molecule has 0 aliphatic carbocycles. The van der Waals surface area contributed by atoms with Crippen molar-refractivity contribution in [2.45, 2.75) is 6.54 Å². The van der Waals surface area contributed by atoms with Crippen LogP contribution in [0, 0.1) is 10.1 Å². The van der Waals surface area contributed by atoms with Gasteiger partial charge in [0.1, 0.15) is 21.6 Å². The van der Waals surface area contributed by atoms with E-state index in [9.17, 15) is 14.9 Å². The fourth-order valence-electron chi connectivity index (χ4n) is 2.74. The summed E-state index contributed by atoms with van der Waals surface area (Å²) in [5.41, 5.74) is 0.325. The molecule has 0 saturated carbocycles. The largest absolute Gasteiger partial charge is 0.467 e. The minimum Gasteiger partial charge on any atom is -0.467 e. The summed E-state index contributed by atoms with van der Waals surface area (Å²) in [5.74, 6) is 1.15. The van der Waals surface area contributed by atoms with Gasteiger partial charge >= 0.3 is 0 Å². The highest BCUT2D eigenvalue weighted by atomic mass is 32.2. The zero-order valence-corrected chi connectivity index (χ0v) is 15.9. The number of hydrogen-bond donors (Lipinski definition) is 0. The highest BCUT2D eigenvalue weighted by molar-refractivity contribution is 8.26. The Hall–Kier alpha value is -3.17. The summed E-state index contributed by atoms with van der Waals surface area (Å²) in [7, 11) is 0. The number of amides is 1. The summed E-state index contributed by atoms with van der Waals surface area (Å²) in [4.78, 5) is 25.3. The predicted octanol–water partition coefficient (Wildman–Crippen LogP) is 4.85. The number of benzene rings is 1. The van der Waals surface area contributed by atoms with Crippen molar-refractivity contribution in [3.8, 4) is 11.3 Å². The van der Waals surface area contributed by atoms with Crippen LogP contribution in [0.3, 0.4) is 0 Å². The average Bonchev–Trinajstić information content (AvgIpc) is 3.41. The molecule has 0 spiro atoms. The van der Waals surface area contributed by atoms with Gasteiger partial charge in [-0.3, -0.25) is 19.8 Å². The molecule has 0 N–H and O–H groups in total. The van der Waals surface area contributed by atoms with Crippen molar-refractivity contribution in [2.75, 3.05) is 0 Å². The normalized spacial score (nSPS) is 15.6. The molecule has 28 heavy (non-hydrogen) atoms. The molecule has 0 radical (unpaired) electrons. The van der Waals surface area contributed by atoms with Crippen molar-refractivity contribution >= 4 is 46.0 Å². The third-order valence-electron chi connectivity index (χ3n) is 4.03. The maximum absolute atomic E-state index is 12.6. The van der Waals surface area contributed by atoms with E-state index in [4.69, 9.17) is 21.1 Å². The molecule has 140 valence electrons. The molecule has 7 nitrogen and oxygen atoms in total. The number of thiocarbonyl (C=S) groups is 1. The summed E-state index contributed by atoms with van der Waals surface area (Å²) in [6.45, 7) is 0.259. The third-order valence-corrected chi connectivity index (χ3v) is 5.41. The summed E-state index contributed by atoms with van der Waals surface area (Å²) < 4.78 is 11.4. The summed E-state index contributed by atoms with van der Waals surface area (Å²) in [5, 5.41) is 11.2. The van der Waals surface area contributed by atoms with E-state index >= 15 is 0 Å². The van der Waals surface area contributed by atoms with Gasteiger partial charge in [-0.05, 0) is 30.3 Å². The monoisotopic (exact) mass is 412 g/mol. The van der Waals surface area contributed by atoms with Gasteiger partial charge in [-0.25, -0.2) is 0 Å². The smallest absolute Gasteiger partial charge is 0.280 e. The van der Waals surface area contributed by atoms with E-state index in [0.29, 0.717) is 32.1 Å². The van der Waals surface area contributed by atoms with Gasteiger partial charge in [-0.1, -0.05) is 36.1 Å². The number of carbonyl (C=O) groups excluding carboxylic acids is 1. The zero-order chi connectivity index (χ0) is 19.7. The van der Waals surface area contributed by atoms with Gasteiger partial charge in [0, 0.05) is 12.1 Å². The first-order valence-corrected chi connectivity index (χ1v) is 9.37. The molecule has 1 aliphatic rings. The fraction of sp³-hybridized carbons (Fsp3) is 0.0526. The van der Waals surface area contributed by atoms with Crippen molar-refractivity contribution in [2.24, 2.45) is 0 Å². The van der Waals surface area contributed by atoms with Gasteiger partial charge in [-0.15, -0.1) is 0 Å². The second kappa shape index (κ2) is 7.45. The number of hydrogen-bond acceptors (Lipinski definition) is 7. The van der Waals surface area contributed by atoms with Gasteiger partial charge in [0.15, 0.2) is 0 Å². The Morgan fingerprint density at radius 3 is 2.75 bits per heavy atom. The zero-order valence-electron chi connectivity index (χ0n) is 14.2. The van der Waals surface area contributed by atoms with E-state index in [-0.39, 0.29) is 18.1 Å². The number of furan rings is 2. The van der Waals surface area contributed by atoms with Crippen LogP contribution in [-0.2, 0) is 11.3 Å². The van der Waals surface area contributed by atoms with E-state index < -0.39 is 4.92 Å². The molecule has 0 bridgehead atoms. The number of nitro benzene ring substituents is 1. The van der Waals surface area contributed by atoms with E-state index in [1.807, 2.05) is 0 Å². The van der Waals surface area contributed by atoms with Crippen LogP contribution in [0.5, 0.6) is 0 Å². The molecule has 1 fully saturated rings. The molecule has 3 heterocycles. The molecule has 1 aromatic carbocycles. The van der Waals surface area contributed by atoms with Crippen molar-refractivity contribution in [1.82, 2.24) is 4.90 Å². The van der Waals surface area contributed by atoms with Crippen LogP contribution in [0.15, 0.2) is 68.5 Å². The summed E-state index contributed by atoms with van der Waals surface area (Å²) in [6.07, 6.45) is 3.12. The lowest BCUT2D eigenvalue weighted by atomic mass is 10.1. The SMILES string of the molecule is O=C1C(=Cc2ccc(-c3ccccc3[N+](=O)[O-])o2)SC(=S)N1Cc1ccco1. The molecule has 1 aliphatic heterocycles. The van der Waals surface area contributed by atoms with Crippen LogP contribution < -0.4 is 0 Å². The van der Waals surface area contributed by atoms with Crippen LogP contribution >= 0.6 is 24.0 Å². The maximum Gasteiger partial charge on any atom is 0.280 e. The summed E-state index contributed by atoms with van der Waals surface area (Å²) >= 11 is 6.46. The Balaban J connectivity index is 1.58. The highest BCUT2D eigenvalue weighted by Crippen LogP contribution is 2.35. The van der Waals surface area contributed by atoms with E-state index in [0.717, 1.165) is 0 Å². The second-order valence-corrected chi connectivity index (χ2v) is 7.50. The predicted molar refractivity (Wildman–Crippen MR) is 108 cm³/mol. The topological polar surface area (TPSA) is 89.7 Å². The van der Waals surface area contributed by atoms with Crippen molar-refractivity contribution < 1.29 is 18.6 Å². The van der Waals surface area contributed by atoms with Crippen LogP contribution in [0.1, 0.15) is 11.5 Å². The molecule has 1 amide bonds. The van der Waals surface area contributed by atoms with Crippen LogP contribution in [0.25, 0.3) is 17.4 Å². The minimum atomic E-state index is -0.461. The highest BCUT2D eigenvalue weighted by Gasteiger charge is 2.33. The lowest BCUT2D eigenvalue weighted by molar-refractivity contribution is -0.384. The maximum atomic E-state index is 12.6. The Morgan fingerprint density at radius 2 is 2.00 bits per heavy atom. The third kappa shape index (κ3) is 3.49. The van der Waals surface area contributed by atoms with Crippen LogP contribution in [-0.4, -0.2) is 20.1 Å². The van der Waals surface area contributed by atoms with Crippen molar-refractivity contribution in [3.63, 3.8) is 0 Å². The lowest BCUT2D eigenvalue weighted by Gasteiger charge is -2.11. The van der Waals surface area contributed by atoms with Crippen molar-refractivity contribution in [3.05, 3.63) is 81.3 Å². The number of nitrogens with zero attached hydrogens (tertiary/aromatic N) is 2. The molecule has 9 heteroatoms. The lowest BCUT2D eigenvalue weighted by Crippen LogP contribution is -2.27. The molecular formula is C19H12N2O5S2. The van der Waals surface area contributed by atoms with E-state index in [2.05, 4.69) is 0 Å².